The third kappa shape index (κ3) is 5.93. The Hall–Kier alpha value is -6.74. The first kappa shape index (κ1) is 32.0. The van der Waals surface area contributed by atoms with Crippen molar-refractivity contribution in [2.75, 3.05) is 4.90 Å². The Bertz CT molecular complexity index is 2860. The lowest BCUT2D eigenvalue weighted by molar-refractivity contribution is 1.28. The monoisotopic (exact) mass is 705 g/mol. The van der Waals surface area contributed by atoms with Crippen LogP contribution in [-0.4, -0.2) is 0 Å². The Morgan fingerprint density at radius 1 is 0.278 bits per heavy atom. The first-order valence-corrected chi connectivity index (χ1v) is 19.2. The van der Waals surface area contributed by atoms with E-state index in [1.165, 1.54) is 75.5 Å². The third-order valence-electron chi connectivity index (χ3n) is 10.4. The van der Waals surface area contributed by atoms with Gasteiger partial charge in [0.05, 0.1) is 0 Å². The Morgan fingerprint density at radius 2 is 0.833 bits per heavy atom. The number of rotatable bonds is 7. The van der Waals surface area contributed by atoms with Gasteiger partial charge in [-0.1, -0.05) is 158 Å². The van der Waals surface area contributed by atoms with Crippen LogP contribution >= 0.6 is 11.3 Å². The molecule has 0 aliphatic carbocycles. The predicted octanol–water partition coefficient (Wildman–Crippen LogP) is 15.3. The number of anilines is 3. The van der Waals surface area contributed by atoms with Gasteiger partial charge in [-0.05, 0) is 110 Å². The normalized spacial score (nSPS) is 11.3. The van der Waals surface area contributed by atoms with E-state index >= 15 is 0 Å². The zero-order valence-electron chi connectivity index (χ0n) is 29.6. The summed E-state index contributed by atoms with van der Waals surface area (Å²) < 4.78 is 2.64. The summed E-state index contributed by atoms with van der Waals surface area (Å²) >= 11 is 1.86. The smallest absolute Gasteiger partial charge is 0.0473 e. The van der Waals surface area contributed by atoms with Gasteiger partial charge < -0.3 is 4.90 Å². The second kappa shape index (κ2) is 13.7. The minimum absolute atomic E-state index is 1.10. The SMILES string of the molecule is c1ccc(-c2cc(-c3ccccc3)cc(N(c3ccc(-c4ccc5c(c4)sc4ccccc45)cc3)c3cccc(-c4cccc5ccccc45)c3)c2)cc1. The van der Waals surface area contributed by atoms with Gasteiger partial charge in [0.15, 0.2) is 0 Å². The third-order valence-corrected chi connectivity index (χ3v) is 11.6. The molecule has 10 rings (SSSR count). The van der Waals surface area contributed by atoms with Crippen molar-refractivity contribution < 1.29 is 0 Å². The van der Waals surface area contributed by atoms with Gasteiger partial charge in [-0.2, -0.15) is 0 Å². The second-order valence-electron chi connectivity index (χ2n) is 13.8. The van der Waals surface area contributed by atoms with Gasteiger partial charge in [0.25, 0.3) is 0 Å². The van der Waals surface area contributed by atoms with E-state index in [-0.39, 0.29) is 0 Å². The van der Waals surface area contributed by atoms with Crippen molar-refractivity contribution in [3.05, 3.63) is 212 Å². The summed E-state index contributed by atoms with van der Waals surface area (Å²) in [5, 5.41) is 5.14. The molecule has 0 saturated heterocycles. The van der Waals surface area contributed by atoms with Gasteiger partial charge in [0, 0.05) is 37.2 Å². The molecule has 0 aliphatic heterocycles. The molecule has 0 aliphatic rings. The van der Waals surface area contributed by atoms with Crippen molar-refractivity contribution in [2.24, 2.45) is 0 Å². The summed E-state index contributed by atoms with van der Waals surface area (Å²) in [4.78, 5) is 2.41. The molecule has 0 radical (unpaired) electrons. The molecule has 54 heavy (non-hydrogen) atoms. The van der Waals surface area contributed by atoms with Crippen LogP contribution in [0, 0.1) is 0 Å². The molecular weight excluding hydrogens is 671 g/mol. The van der Waals surface area contributed by atoms with Crippen LogP contribution in [0.15, 0.2) is 212 Å². The van der Waals surface area contributed by atoms with E-state index in [9.17, 15) is 0 Å². The quantitative estimate of drug-likeness (QED) is 0.160. The number of benzene rings is 9. The first-order valence-electron chi connectivity index (χ1n) is 18.4. The molecule has 0 unspecified atom stereocenters. The Balaban J connectivity index is 1.14. The summed E-state index contributed by atoms with van der Waals surface area (Å²) in [5.74, 6) is 0. The van der Waals surface area contributed by atoms with Crippen LogP contribution in [0.5, 0.6) is 0 Å². The van der Waals surface area contributed by atoms with Crippen LogP contribution in [0.2, 0.25) is 0 Å². The highest BCUT2D eigenvalue weighted by Gasteiger charge is 2.18. The maximum absolute atomic E-state index is 2.41. The molecule has 0 spiro atoms. The summed E-state index contributed by atoms with van der Waals surface area (Å²) in [5.41, 5.74) is 12.9. The molecule has 0 N–H and O–H groups in total. The molecule has 10 aromatic rings. The standard InChI is InChI=1S/C52H35NS/c1-3-13-36(14-4-1)42-31-43(37-15-5-2-6-16-37)34-46(33-42)53(45-20-11-19-41(32-45)48-23-12-18-39-17-7-8-21-47(39)48)44-28-25-38(26-29-44)40-27-30-50-49-22-9-10-24-51(49)54-52(50)35-40/h1-35H. The first-order chi connectivity index (χ1) is 26.7. The van der Waals surface area contributed by atoms with Crippen LogP contribution in [0.4, 0.5) is 17.1 Å². The van der Waals surface area contributed by atoms with Crippen LogP contribution in [0.3, 0.4) is 0 Å². The summed E-state index contributed by atoms with van der Waals surface area (Å²) in [6.07, 6.45) is 0. The Labute approximate surface area is 319 Å². The van der Waals surface area contributed by atoms with Crippen molar-refractivity contribution in [2.45, 2.75) is 0 Å². The lowest BCUT2D eigenvalue weighted by atomic mass is 9.96. The van der Waals surface area contributed by atoms with Crippen molar-refractivity contribution in [1.82, 2.24) is 0 Å². The van der Waals surface area contributed by atoms with Crippen LogP contribution in [-0.2, 0) is 0 Å². The highest BCUT2D eigenvalue weighted by molar-refractivity contribution is 7.25. The Kier molecular flexibility index (Phi) is 8.09. The largest absolute Gasteiger partial charge is 0.310 e. The van der Waals surface area contributed by atoms with E-state index in [1.807, 2.05) is 11.3 Å². The van der Waals surface area contributed by atoms with Crippen molar-refractivity contribution in [3.8, 4) is 44.5 Å². The summed E-state index contributed by atoms with van der Waals surface area (Å²) in [7, 11) is 0. The van der Waals surface area contributed by atoms with Gasteiger partial charge in [0.2, 0.25) is 0 Å². The molecule has 0 atom stereocenters. The maximum atomic E-state index is 2.41. The van der Waals surface area contributed by atoms with Gasteiger partial charge in [0.1, 0.15) is 0 Å². The molecule has 0 bridgehead atoms. The summed E-state index contributed by atoms with van der Waals surface area (Å²) in [6, 6.07) is 77.2. The van der Waals surface area contributed by atoms with Gasteiger partial charge >= 0.3 is 0 Å². The molecule has 1 heterocycles. The number of hydrogen-bond donors (Lipinski definition) is 0. The highest BCUT2D eigenvalue weighted by atomic mass is 32.1. The predicted molar refractivity (Wildman–Crippen MR) is 233 cm³/mol. The Morgan fingerprint density at radius 3 is 1.59 bits per heavy atom. The van der Waals surface area contributed by atoms with E-state index < -0.39 is 0 Å². The molecule has 9 aromatic carbocycles. The number of fused-ring (bicyclic) bond motifs is 4. The number of thiophene rings is 1. The average molecular weight is 706 g/mol. The van der Waals surface area contributed by atoms with E-state index in [1.54, 1.807) is 0 Å². The lowest BCUT2D eigenvalue weighted by Gasteiger charge is -2.27. The topological polar surface area (TPSA) is 3.24 Å². The molecule has 0 amide bonds. The summed E-state index contributed by atoms with van der Waals surface area (Å²) in [6.45, 7) is 0. The van der Waals surface area contributed by atoms with E-state index in [4.69, 9.17) is 0 Å². The van der Waals surface area contributed by atoms with Crippen LogP contribution in [0.25, 0.3) is 75.5 Å². The van der Waals surface area contributed by atoms with Gasteiger partial charge in [-0.25, -0.2) is 0 Å². The van der Waals surface area contributed by atoms with Crippen molar-refractivity contribution in [3.63, 3.8) is 0 Å². The number of nitrogens with zero attached hydrogens (tertiary/aromatic N) is 1. The molecule has 1 nitrogen and oxygen atoms in total. The average Bonchev–Trinajstić information content (AvgIpc) is 3.62. The second-order valence-corrected chi connectivity index (χ2v) is 14.9. The van der Waals surface area contributed by atoms with Crippen LogP contribution in [0.1, 0.15) is 0 Å². The minimum atomic E-state index is 1.10. The van der Waals surface area contributed by atoms with E-state index in [0.717, 1.165) is 17.1 Å². The van der Waals surface area contributed by atoms with Gasteiger partial charge in [-0.15, -0.1) is 11.3 Å². The number of hydrogen-bond acceptors (Lipinski definition) is 2. The molecule has 254 valence electrons. The van der Waals surface area contributed by atoms with Gasteiger partial charge in [-0.3, -0.25) is 0 Å². The highest BCUT2D eigenvalue weighted by Crippen LogP contribution is 2.42. The zero-order valence-corrected chi connectivity index (χ0v) is 30.4. The fraction of sp³-hybridized carbons (Fsp3) is 0. The molecule has 0 saturated carbocycles. The van der Waals surface area contributed by atoms with Crippen molar-refractivity contribution >= 4 is 59.3 Å². The van der Waals surface area contributed by atoms with E-state index in [2.05, 4.69) is 217 Å². The minimum Gasteiger partial charge on any atom is -0.310 e. The molecule has 0 fully saturated rings. The van der Waals surface area contributed by atoms with Crippen LogP contribution < -0.4 is 4.90 Å². The lowest BCUT2D eigenvalue weighted by Crippen LogP contribution is -2.10. The van der Waals surface area contributed by atoms with Crippen molar-refractivity contribution in [1.29, 1.82) is 0 Å². The fourth-order valence-corrected chi connectivity index (χ4v) is 8.93. The molecule has 1 aromatic heterocycles. The maximum Gasteiger partial charge on any atom is 0.0473 e. The molecule has 2 heteroatoms. The van der Waals surface area contributed by atoms with E-state index in [0.29, 0.717) is 0 Å². The zero-order chi connectivity index (χ0) is 35.8. The molecular formula is C52H35NS. The fourth-order valence-electron chi connectivity index (χ4n) is 7.78.